The Kier molecular flexibility index (Phi) is 5.00. The van der Waals surface area contributed by atoms with Crippen molar-refractivity contribution >= 4 is 49.7 Å². The highest BCUT2D eigenvalue weighted by Crippen LogP contribution is 2.30. The summed E-state index contributed by atoms with van der Waals surface area (Å²) in [6.45, 7) is 0. The first-order chi connectivity index (χ1) is 12.0. The Morgan fingerprint density at radius 1 is 1.24 bits per heavy atom. The number of benzene rings is 2. The Bertz CT molecular complexity index is 983. The van der Waals surface area contributed by atoms with E-state index in [1.54, 1.807) is 24.3 Å². The van der Waals surface area contributed by atoms with E-state index in [4.69, 9.17) is 4.42 Å². The van der Waals surface area contributed by atoms with Crippen molar-refractivity contribution in [3.8, 4) is 17.4 Å². The van der Waals surface area contributed by atoms with Gasteiger partial charge in [0.1, 0.15) is 11.6 Å². The van der Waals surface area contributed by atoms with Crippen LogP contribution in [0, 0.1) is 0 Å². The van der Waals surface area contributed by atoms with E-state index in [1.807, 2.05) is 6.07 Å². The minimum absolute atomic E-state index is 0.00703. The summed E-state index contributed by atoms with van der Waals surface area (Å²) in [6, 6.07) is 11.8. The molecule has 0 atom stereocenters. The number of hydrogen-bond acceptors (Lipinski definition) is 5. The fourth-order valence-corrected chi connectivity index (χ4v) is 2.89. The lowest BCUT2D eigenvalue weighted by Crippen LogP contribution is -1.97. The lowest BCUT2D eigenvalue weighted by atomic mass is 10.2. The maximum atomic E-state index is 12.0. The van der Waals surface area contributed by atoms with Crippen molar-refractivity contribution in [3.05, 3.63) is 62.7 Å². The molecule has 2 aromatic carbocycles. The molecule has 126 valence electrons. The van der Waals surface area contributed by atoms with Gasteiger partial charge in [0.2, 0.25) is 0 Å². The van der Waals surface area contributed by atoms with Gasteiger partial charge < -0.3 is 14.6 Å². The molecule has 3 aromatic rings. The second-order valence-electron chi connectivity index (χ2n) is 4.90. The standard InChI is InChI=1S/C17H10Br2N2O4/c18-9-5-6-13(11(7-9)16(22)23)20-8-14-17(24)25-15(21-14)10-3-1-2-4-12(10)19/h1-8,24H,(H,22,23)/p-1. The molecule has 1 aromatic heterocycles. The number of hydrogen-bond donors (Lipinski definition) is 1. The molecule has 6 nitrogen and oxygen atoms in total. The molecule has 1 N–H and O–H groups in total. The fourth-order valence-electron chi connectivity index (χ4n) is 2.07. The molecule has 0 saturated heterocycles. The molecular weight excluding hydrogens is 456 g/mol. The Morgan fingerprint density at radius 2 is 2.00 bits per heavy atom. The van der Waals surface area contributed by atoms with Crippen LogP contribution >= 0.6 is 31.9 Å². The van der Waals surface area contributed by atoms with Crippen LogP contribution in [-0.4, -0.2) is 22.3 Å². The highest BCUT2D eigenvalue weighted by atomic mass is 79.9. The molecule has 8 heteroatoms. The molecule has 0 saturated carbocycles. The molecule has 0 bridgehead atoms. The van der Waals surface area contributed by atoms with Crippen LogP contribution in [0.5, 0.6) is 5.95 Å². The van der Waals surface area contributed by atoms with Gasteiger partial charge in [0, 0.05) is 14.5 Å². The number of carboxylic acid groups (broad SMARTS) is 1. The number of aromatic carboxylic acids is 1. The third-order valence-corrected chi connectivity index (χ3v) is 4.42. The van der Waals surface area contributed by atoms with Crippen molar-refractivity contribution in [3.63, 3.8) is 0 Å². The van der Waals surface area contributed by atoms with E-state index in [0.29, 0.717) is 10.0 Å². The summed E-state index contributed by atoms with van der Waals surface area (Å²) in [6.07, 6.45) is 1.20. The predicted molar refractivity (Wildman–Crippen MR) is 97.4 cm³/mol. The molecule has 0 aliphatic heterocycles. The average Bonchev–Trinajstić information content (AvgIpc) is 2.94. The first kappa shape index (κ1) is 17.4. The fraction of sp³-hybridized carbons (Fsp3) is 0. The second kappa shape index (κ2) is 7.20. The number of carboxylic acids is 1. The number of aliphatic imine (C=N–C) groups is 1. The maximum absolute atomic E-state index is 12.0. The van der Waals surface area contributed by atoms with Gasteiger partial charge >= 0.3 is 5.97 Å². The third kappa shape index (κ3) is 3.80. The van der Waals surface area contributed by atoms with Crippen LogP contribution in [0.15, 0.2) is 60.8 Å². The summed E-state index contributed by atoms with van der Waals surface area (Å²) in [5, 5.41) is 21.2. The van der Waals surface area contributed by atoms with Crippen LogP contribution in [-0.2, 0) is 0 Å². The number of carbonyl (C=O) groups is 1. The number of rotatable bonds is 4. The monoisotopic (exact) mass is 463 g/mol. The zero-order valence-corrected chi connectivity index (χ0v) is 15.6. The maximum Gasteiger partial charge on any atom is 0.337 e. The van der Waals surface area contributed by atoms with E-state index >= 15 is 0 Å². The van der Waals surface area contributed by atoms with Crippen LogP contribution < -0.4 is 5.11 Å². The summed E-state index contributed by atoms with van der Waals surface area (Å²) < 4.78 is 6.51. The molecule has 0 unspecified atom stereocenters. The molecule has 0 fully saturated rings. The van der Waals surface area contributed by atoms with E-state index in [1.165, 1.54) is 18.3 Å². The molecule has 0 aliphatic rings. The summed E-state index contributed by atoms with van der Waals surface area (Å²) >= 11 is 6.58. The number of halogens is 2. The smallest absolute Gasteiger partial charge is 0.337 e. The van der Waals surface area contributed by atoms with Crippen molar-refractivity contribution in [2.75, 3.05) is 0 Å². The minimum Gasteiger partial charge on any atom is -0.562 e. The van der Waals surface area contributed by atoms with Crippen LogP contribution in [0.1, 0.15) is 16.1 Å². The summed E-state index contributed by atoms with van der Waals surface area (Å²) in [5.74, 6) is -1.61. The Morgan fingerprint density at radius 3 is 2.72 bits per heavy atom. The Hall–Kier alpha value is -2.45. The van der Waals surface area contributed by atoms with Gasteiger partial charge in [0.15, 0.2) is 0 Å². The van der Waals surface area contributed by atoms with Gasteiger partial charge in [-0.25, -0.2) is 9.78 Å². The van der Waals surface area contributed by atoms with E-state index < -0.39 is 11.9 Å². The van der Waals surface area contributed by atoms with Crippen LogP contribution in [0.25, 0.3) is 11.5 Å². The minimum atomic E-state index is -1.12. The highest BCUT2D eigenvalue weighted by molar-refractivity contribution is 9.10. The molecule has 0 spiro atoms. The van der Waals surface area contributed by atoms with Crippen molar-refractivity contribution in [1.82, 2.24) is 4.98 Å². The van der Waals surface area contributed by atoms with Gasteiger partial charge in [-0.05, 0) is 24.3 Å². The second-order valence-corrected chi connectivity index (χ2v) is 6.67. The Labute approximate surface area is 159 Å². The number of nitrogens with zero attached hydrogens (tertiary/aromatic N) is 2. The molecule has 0 aliphatic carbocycles. The lowest BCUT2D eigenvalue weighted by Gasteiger charge is -2.02. The predicted octanol–water partition coefficient (Wildman–Crippen LogP) is 4.39. The number of aromatic nitrogens is 1. The van der Waals surface area contributed by atoms with E-state index in [2.05, 4.69) is 41.8 Å². The van der Waals surface area contributed by atoms with Crippen LogP contribution in [0.2, 0.25) is 0 Å². The Balaban J connectivity index is 1.96. The van der Waals surface area contributed by atoms with Crippen LogP contribution in [0.3, 0.4) is 0 Å². The zero-order chi connectivity index (χ0) is 18.0. The van der Waals surface area contributed by atoms with E-state index in [0.717, 1.165) is 4.47 Å². The molecule has 0 amide bonds. The normalized spacial score (nSPS) is 11.1. The van der Waals surface area contributed by atoms with E-state index in [-0.39, 0.29) is 22.8 Å². The summed E-state index contributed by atoms with van der Waals surface area (Å²) in [5.41, 5.74) is 0.840. The van der Waals surface area contributed by atoms with Gasteiger partial charge in [-0.3, -0.25) is 4.99 Å². The summed E-state index contributed by atoms with van der Waals surface area (Å²) in [4.78, 5) is 19.5. The highest BCUT2D eigenvalue weighted by Gasteiger charge is 2.11. The molecule has 1 heterocycles. The van der Waals surface area contributed by atoms with Crippen molar-refractivity contribution < 1.29 is 19.4 Å². The van der Waals surface area contributed by atoms with Crippen molar-refractivity contribution in [2.45, 2.75) is 0 Å². The number of oxazole rings is 1. The SMILES string of the molecule is O=C(O)c1cc(Br)ccc1N=Cc1nc(-c2ccccc2Br)oc1[O-]. The van der Waals surface area contributed by atoms with Crippen molar-refractivity contribution in [1.29, 1.82) is 0 Å². The first-order valence-electron chi connectivity index (χ1n) is 6.95. The van der Waals surface area contributed by atoms with Crippen molar-refractivity contribution in [2.24, 2.45) is 4.99 Å². The third-order valence-electron chi connectivity index (χ3n) is 3.24. The molecular formula is C17H9Br2N2O4-. The lowest BCUT2D eigenvalue weighted by molar-refractivity contribution is -0.293. The zero-order valence-electron chi connectivity index (χ0n) is 12.4. The van der Waals surface area contributed by atoms with Gasteiger partial charge in [-0.1, -0.05) is 50.1 Å². The molecule has 25 heavy (non-hydrogen) atoms. The summed E-state index contributed by atoms with van der Waals surface area (Å²) in [7, 11) is 0. The average molecular weight is 465 g/mol. The van der Waals surface area contributed by atoms with Gasteiger partial charge in [-0.2, -0.15) is 0 Å². The van der Waals surface area contributed by atoms with E-state index in [9.17, 15) is 15.0 Å². The first-order valence-corrected chi connectivity index (χ1v) is 8.54. The van der Waals surface area contributed by atoms with Gasteiger partial charge in [0.25, 0.3) is 0 Å². The van der Waals surface area contributed by atoms with Crippen LogP contribution in [0.4, 0.5) is 5.69 Å². The van der Waals surface area contributed by atoms with Gasteiger partial charge in [-0.15, -0.1) is 0 Å². The molecule has 0 radical (unpaired) electrons. The largest absolute Gasteiger partial charge is 0.562 e. The topological polar surface area (TPSA) is 98.8 Å². The molecule has 3 rings (SSSR count). The quantitative estimate of drug-likeness (QED) is 0.577. The van der Waals surface area contributed by atoms with Gasteiger partial charge in [0.05, 0.1) is 23.4 Å².